The van der Waals surface area contributed by atoms with Crippen LogP contribution in [0, 0.1) is 22.7 Å². The minimum absolute atomic E-state index is 0.000824. The van der Waals surface area contributed by atoms with Crippen LogP contribution in [0.15, 0.2) is 29.0 Å². The van der Waals surface area contributed by atoms with Crippen LogP contribution >= 0.6 is 15.9 Å². The van der Waals surface area contributed by atoms with Gasteiger partial charge in [0.25, 0.3) is 0 Å². The van der Waals surface area contributed by atoms with Crippen LogP contribution in [0.2, 0.25) is 0 Å². The van der Waals surface area contributed by atoms with Gasteiger partial charge in [0.1, 0.15) is 18.5 Å². The van der Waals surface area contributed by atoms with Gasteiger partial charge in [0.2, 0.25) is 0 Å². The number of imidazole rings is 1. The average molecular weight is 317 g/mol. The van der Waals surface area contributed by atoms with Crippen LogP contribution in [0.25, 0.3) is 5.69 Å². The quantitative estimate of drug-likeness (QED) is 0.913. The van der Waals surface area contributed by atoms with Crippen molar-refractivity contribution in [3.8, 4) is 17.8 Å². The molecule has 0 unspecified atom stereocenters. The molecule has 0 saturated heterocycles. The molecule has 1 aromatic carbocycles. The Balaban J connectivity index is 2.78. The number of nitriles is 2. The third-order valence-corrected chi connectivity index (χ3v) is 3.11. The van der Waals surface area contributed by atoms with Crippen molar-refractivity contribution in [2.45, 2.75) is 0 Å². The predicted molar refractivity (Wildman–Crippen MR) is 67.7 cm³/mol. The third kappa shape index (κ3) is 2.07. The van der Waals surface area contributed by atoms with Crippen molar-refractivity contribution in [2.75, 3.05) is 0 Å². The molecule has 0 amide bonds. The molecule has 2 aromatic rings. The zero-order valence-corrected chi connectivity index (χ0v) is 10.9. The number of carbonyl (C=O) groups is 1. The van der Waals surface area contributed by atoms with Crippen molar-refractivity contribution < 1.29 is 9.90 Å². The van der Waals surface area contributed by atoms with Gasteiger partial charge in [-0.2, -0.15) is 10.5 Å². The summed E-state index contributed by atoms with van der Waals surface area (Å²) in [7, 11) is 0. The molecule has 0 radical (unpaired) electrons. The van der Waals surface area contributed by atoms with E-state index in [2.05, 4.69) is 20.9 Å². The molecular formula is C12H5BrN4O2. The highest BCUT2D eigenvalue weighted by molar-refractivity contribution is 9.10. The average Bonchev–Trinajstić information content (AvgIpc) is 2.80. The number of aromatic nitrogens is 2. The molecule has 1 aromatic heterocycles. The predicted octanol–water partition coefficient (Wildman–Crippen LogP) is 2.08. The third-order valence-electron chi connectivity index (χ3n) is 2.44. The summed E-state index contributed by atoms with van der Waals surface area (Å²) in [6.45, 7) is 0. The zero-order valence-electron chi connectivity index (χ0n) is 9.33. The smallest absolute Gasteiger partial charge is 0.338 e. The molecule has 2 rings (SSSR count). The molecule has 0 aliphatic rings. The highest BCUT2D eigenvalue weighted by Gasteiger charge is 2.19. The fourth-order valence-corrected chi connectivity index (χ4v) is 2.17. The highest BCUT2D eigenvalue weighted by Crippen LogP contribution is 2.25. The van der Waals surface area contributed by atoms with Crippen LogP contribution in [-0.2, 0) is 0 Å². The number of hydrogen-bond donors (Lipinski definition) is 1. The minimum Gasteiger partial charge on any atom is -0.478 e. The number of hydrogen-bond acceptors (Lipinski definition) is 4. The first-order valence-corrected chi connectivity index (χ1v) is 5.79. The van der Waals surface area contributed by atoms with E-state index in [0.717, 1.165) is 0 Å². The Labute approximate surface area is 116 Å². The molecule has 1 N–H and O–H groups in total. The molecule has 19 heavy (non-hydrogen) atoms. The van der Waals surface area contributed by atoms with Gasteiger partial charge in [0.15, 0.2) is 11.4 Å². The van der Waals surface area contributed by atoms with E-state index in [0.29, 0.717) is 4.47 Å². The second-order valence-electron chi connectivity index (χ2n) is 3.47. The van der Waals surface area contributed by atoms with Crippen LogP contribution in [0.5, 0.6) is 0 Å². The van der Waals surface area contributed by atoms with Gasteiger partial charge >= 0.3 is 5.97 Å². The van der Waals surface area contributed by atoms with Gasteiger partial charge in [-0.05, 0) is 28.1 Å². The van der Waals surface area contributed by atoms with E-state index in [4.69, 9.17) is 10.5 Å². The van der Waals surface area contributed by atoms with E-state index in [9.17, 15) is 9.90 Å². The van der Waals surface area contributed by atoms with Crippen molar-refractivity contribution in [1.82, 2.24) is 9.55 Å². The Bertz CT molecular complexity index is 752. The van der Waals surface area contributed by atoms with Crippen molar-refractivity contribution in [1.29, 1.82) is 10.5 Å². The SMILES string of the molecule is N#Cc1ncn(-c2cccc(Br)c2C(=O)O)c1C#N. The molecule has 0 fully saturated rings. The lowest BCUT2D eigenvalue weighted by Crippen LogP contribution is -2.07. The van der Waals surface area contributed by atoms with Gasteiger partial charge < -0.3 is 5.11 Å². The van der Waals surface area contributed by atoms with E-state index in [-0.39, 0.29) is 22.6 Å². The fraction of sp³-hybridized carbons (Fsp3) is 0. The number of rotatable bonds is 2. The lowest BCUT2D eigenvalue weighted by atomic mass is 10.1. The summed E-state index contributed by atoms with van der Waals surface area (Å²) in [4.78, 5) is 15.1. The summed E-state index contributed by atoms with van der Waals surface area (Å²) in [5.41, 5.74) is 0.232. The second kappa shape index (κ2) is 4.92. The van der Waals surface area contributed by atoms with Gasteiger partial charge in [0, 0.05) is 4.47 Å². The molecular weight excluding hydrogens is 312 g/mol. The molecule has 7 heteroatoms. The van der Waals surface area contributed by atoms with Gasteiger partial charge in [-0.3, -0.25) is 4.57 Å². The monoisotopic (exact) mass is 316 g/mol. The van der Waals surface area contributed by atoms with Crippen LogP contribution in [-0.4, -0.2) is 20.6 Å². The fourth-order valence-electron chi connectivity index (χ4n) is 1.64. The Morgan fingerprint density at radius 2 is 2.11 bits per heavy atom. The Kier molecular flexibility index (Phi) is 3.32. The van der Waals surface area contributed by atoms with E-state index in [1.807, 2.05) is 6.07 Å². The van der Waals surface area contributed by atoms with Crippen molar-refractivity contribution >= 4 is 21.9 Å². The molecule has 0 saturated carbocycles. The zero-order chi connectivity index (χ0) is 14.0. The van der Waals surface area contributed by atoms with Crippen molar-refractivity contribution in [2.24, 2.45) is 0 Å². The summed E-state index contributed by atoms with van der Waals surface area (Å²) in [6.07, 6.45) is 1.26. The van der Waals surface area contributed by atoms with Gasteiger partial charge in [0.05, 0.1) is 11.3 Å². The number of carboxylic acids is 1. The minimum atomic E-state index is -1.14. The van der Waals surface area contributed by atoms with E-state index in [1.54, 1.807) is 18.2 Å². The van der Waals surface area contributed by atoms with E-state index < -0.39 is 5.97 Å². The first kappa shape index (κ1) is 12.8. The molecule has 6 nitrogen and oxygen atoms in total. The first-order valence-electron chi connectivity index (χ1n) is 5.00. The largest absolute Gasteiger partial charge is 0.478 e. The Morgan fingerprint density at radius 3 is 2.68 bits per heavy atom. The summed E-state index contributed by atoms with van der Waals surface area (Å²) in [5.74, 6) is -1.14. The van der Waals surface area contributed by atoms with Crippen molar-refractivity contribution in [3.63, 3.8) is 0 Å². The maximum atomic E-state index is 11.3. The van der Waals surface area contributed by atoms with Gasteiger partial charge in [-0.15, -0.1) is 0 Å². The summed E-state index contributed by atoms with van der Waals surface area (Å²) in [5, 5.41) is 27.1. The second-order valence-corrected chi connectivity index (χ2v) is 4.33. The molecule has 1 heterocycles. The summed E-state index contributed by atoms with van der Waals surface area (Å²) < 4.78 is 1.67. The van der Waals surface area contributed by atoms with E-state index >= 15 is 0 Å². The van der Waals surface area contributed by atoms with Crippen LogP contribution in [0.3, 0.4) is 0 Å². The molecule has 0 aliphatic heterocycles. The van der Waals surface area contributed by atoms with Gasteiger partial charge in [-0.25, -0.2) is 9.78 Å². The molecule has 0 aliphatic carbocycles. The highest BCUT2D eigenvalue weighted by atomic mass is 79.9. The topological polar surface area (TPSA) is 103 Å². The number of benzene rings is 1. The lowest BCUT2D eigenvalue weighted by Gasteiger charge is -2.09. The number of nitrogens with zero attached hydrogens (tertiary/aromatic N) is 4. The van der Waals surface area contributed by atoms with Gasteiger partial charge in [-0.1, -0.05) is 6.07 Å². The number of aromatic carboxylic acids is 1. The van der Waals surface area contributed by atoms with Crippen LogP contribution in [0.1, 0.15) is 21.7 Å². The van der Waals surface area contributed by atoms with Crippen LogP contribution < -0.4 is 0 Å². The maximum absolute atomic E-state index is 11.3. The van der Waals surface area contributed by atoms with Crippen molar-refractivity contribution in [3.05, 3.63) is 46.0 Å². The summed E-state index contributed by atoms with van der Waals surface area (Å²) >= 11 is 3.15. The number of halogens is 1. The van der Waals surface area contributed by atoms with Crippen LogP contribution in [0.4, 0.5) is 0 Å². The first-order chi connectivity index (χ1) is 9.10. The number of carboxylic acid groups (broad SMARTS) is 1. The molecule has 0 atom stereocenters. The Morgan fingerprint density at radius 1 is 1.37 bits per heavy atom. The van der Waals surface area contributed by atoms with E-state index in [1.165, 1.54) is 17.0 Å². The molecule has 0 bridgehead atoms. The summed E-state index contributed by atoms with van der Waals surface area (Å²) in [6, 6.07) is 8.40. The lowest BCUT2D eigenvalue weighted by molar-refractivity contribution is 0.0696. The molecule has 92 valence electrons. The standard InChI is InChI=1S/C12H5BrN4O2/c13-7-2-1-3-9(11(7)12(18)19)17-6-16-8(4-14)10(17)5-15/h1-3,6H,(H,18,19). The normalized spacial score (nSPS) is 9.63. The maximum Gasteiger partial charge on any atom is 0.338 e. The molecule has 0 spiro atoms. The Hall–Kier alpha value is -2.64.